The summed E-state index contributed by atoms with van der Waals surface area (Å²) in [4.78, 5) is 0. The van der Waals surface area contributed by atoms with Crippen LogP contribution in [0.5, 0.6) is 5.75 Å². The molecule has 0 aliphatic rings. The fourth-order valence-corrected chi connectivity index (χ4v) is 1.58. The fourth-order valence-electron chi connectivity index (χ4n) is 1.58. The maximum Gasteiger partial charge on any atom is 0.119 e. The first-order valence-electron chi connectivity index (χ1n) is 6.20. The van der Waals surface area contributed by atoms with Crippen molar-refractivity contribution in [3.63, 3.8) is 0 Å². The standard InChI is InChI=1S/C15H21NO/c1-4-13-6-8-14(9-7-13)17-11-5-10-15(2,3)12-16/h6-9H,4-5,10-11H2,1-3H3. The summed E-state index contributed by atoms with van der Waals surface area (Å²) in [5, 5.41) is 8.88. The zero-order valence-electron chi connectivity index (χ0n) is 11.0. The van der Waals surface area contributed by atoms with E-state index < -0.39 is 0 Å². The normalized spacial score (nSPS) is 10.9. The highest BCUT2D eigenvalue weighted by Crippen LogP contribution is 2.21. The van der Waals surface area contributed by atoms with E-state index in [0.29, 0.717) is 6.61 Å². The predicted molar refractivity (Wildman–Crippen MR) is 69.9 cm³/mol. The minimum Gasteiger partial charge on any atom is -0.494 e. The number of nitrogens with zero attached hydrogens (tertiary/aromatic N) is 1. The van der Waals surface area contributed by atoms with Crippen LogP contribution < -0.4 is 4.74 Å². The molecule has 0 radical (unpaired) electrons. The summed E-state index contributed by atoms with van der Waals surface area (Å²) in [5.41, 5.74) is 1.08. The number of hydrogen-bond acceptors (Lipinski definition) is 2. The molecule has 0 bridgehead atoms. The summed E-state index contributed by atoms with van der Waals surface area (Å²) in [5.74, 6) is 0.914. The molecule has 0 aliphatic carbocycles. The van der Waals surface area contributed by atoms with Gasteiger partial charge in [0.2, 0.25) is 0 Å². The van der Waals surface area contributed by atoms with Crippen molar-refractivity contribution in [3.8, 4) is 11.8 Å². The molecule has 1 aromatic rings. The maximum atomic E-state index is 8.88. The molecule has 2 heteroatoms. The molecule has 0 amide bonds. The third-order valence-corrected chi connectivity index (χ3v) is 2.85. The van der Waals surface area contributed by atoms with Gasteiger partial charge >= 0.3 is 0 Å². The van der Waals surface area contributed by atoms with Gasteiger partial charge in [0.25, 0.3) is 0 Å². The highest BCUT2D eigenvalue weighted by atomic mass is 16.5. The van der Waals surface area contributed by atoms with Crippen LogP contribution in [0.1, 0.15) is 39.2 Å². The van der Waals surface area contributed by atoms with Crippen molar-refractivity contribution in [2.24, 2.45) is 5.41 Å². The number of nitriles is 1. The summed E-state index contributed by atoms with van der Waals surface area (Å²) in [6, 6.07) is 10.5. The summed E-state index contributed by atoms with van der Waals surface area (Å²) in [6.07, 6.45) is 2.84. The number of ether oxygens (including phenoxy) is 1. The van der Waals surface area contributed by atoms with Crippen molar-refractivity contribution in [1.29, 1.82) is 5.26 Å². The SMILES string of the molecule is CCc1ccc(OCCCC(C)(C)C#N)cc1. The number of hydrogen-bond donors (Lipinski definition) is 0. The molecule has 1 rings (SSSR count). The Morgan fingerprint density at radius 3 is 2.41 bits per heavy atom. The van der Waals surface area contributed by atoms with Gasteiger partial charge in [-0.25, -0.2) is 0 Å². The minimum atomic E-state index is -0.241. The third kappa shape index (κ3) is 4.91. The van der Waals surface area contributed by atoms with Crippen LogP contribution in [0.3, 0.4) is 0 Å². The van der Waals surface area contributed by atoms with E-state index in [9.17, 15) is 0 Å². The molecule has 0 unspecified atom stereocenters. The lowest BCUT2D eigenvalue weighted by Gasteiger charge is -2.14. The highest BCUT2D eigenvalue weighted by Gasteiger charge is 2.15. The van der Waals surface area contributed by atoms with Gasteiger partial charge < -0.3 is 4.74 Å². The third-order valence-electron chi connectivity index (χ3n) is 2.85. The van der Waals surface area contributed by atoms with Gasteiger partial charge in [-0.3, -0.25) is 0 Å². The average molecular weight is 231 g/mol. The molecule has 0 atom stereocenters. The van der Waals surface area contributed by atoms with Crippen molar-refractivity contribution in [1.82, 2.24) is 0 Å². The molecular weight excluding hydrogens is 210 g/mol. The van der Waals surface area contributed by atoms with E-state index in [0.717, 1.165) is 25.0 Å². The Morgan fingerprint density at radius 2 is 1.88 bits per heavy atom. The van der Waals surface area contributed by atoms with Gasteiger partial charge in [0.05, 0.1) is 18.1 Å². The Morgan fingerprint density at radius 1 is 1.24 bits per heavy atom. The van der Waals surface area contributed by atoms with Crippen molar-refractivity contribution in [3.05, 3.63) is 29.8 Å². The lowest BCUT2D eigenvalue weighted by molar-refractivity contribution is 0.284. The van der Waals surface area contributed by atoms with Gasteiger partial charge in [-0.15, -0.1) is 0 Å². The Hall–Kier alpha value is -1.49. The lowest BCUT2D eigenvalue weighted by Crippen LogP contribution is -2.10. The summed E-state index contributed by atoms with van der Waals surface area (Å²) >= 11 is 0. The minimum absolute atomic E-state index is 0.241. The maximum absolute atomic E-state index is 8.88. The highest BCUT2D eigenvalue weighted by molar-refractivity contribution is 5.27. The number of benzene rings is 1. The molecule has 1 aromatic carbocycles. The van der Waals surface area contributed by atoms with Crippen molar-refractivity contribution in [2.45, 2.75) is 40.0 Å². The fraction of sp³-hybridized carbons (Fsp3) is 0.533. The first-order chi connectivity index (χ1) is 8.07. The quantitative estimate of drug-likeness (QED) is 0.694. The van der Waals surface area contributed by atoms with Crippen LogP contribution in [0.2, 0.25) is 0 Å². The first-order valence-corrected chi connectivity index (χ1v) is 6.20. The van der Waals surface area contributed by atoms with E-state index in [1.807, 2.05) is 26.0 Å². The molecule has 0 saturated heterocycles. The van der Waals surface area contributed by atoms with Gasteiger partial charge in [-0.2, -0.15) is 5.26 Å². The second kappa shape index (κ2) is 6.30. The monoisotopic (exact) mass is 231 g/mol. The van der Waals surface area contributed by atoms with E-state index in [-0.39, 0.29) is 5.41 Å². The molecule has 0 spiro atoms. The molecule has 0 N–H and O–H groups in total. The number of rotatable bonds is 6. The van der Waals surface area contributed by atoms with Gasteiger partial charge in [0.1, 0.15) is 5.75 Å². The molecule has 0 fully saturated rings. The predicted octanol–water partition coefficient (Wildman–Crippen LogP) is 3.96. The van der Waals surface area contributed by atoms with Crippen LogP contribution in [0.4, 0.5) is 0 Å². The van der Waals surface area contributed by atoms with Crippen LogP contribution in [-0.4, -0.2) is 6.61 Å². The molecule has 17 heavy (non-hydrogen) atoms. The van der Waals surface area contributed by atoms with Crippen LogP contribution in [0.15, 0.2) is 24.3 Å². The largest absolute Gasteiger partial charge is 0.494 e. The second-order valence-electron chi connectivity index (χ2n) is 4.95. The van der Waals surface area contributed by atoms with Gasteiger partial charge in [0, 0.05) is 0 Å². The van der Waals surface area contributed by atoms with E-state index in [1.165, 1.54) is 5.56 Å². The smallest absolute Gasteiger partial charge is 0.119 e. The first kappa shape index (κ1) is 13.6. The number of aryl methyl sites for hydroxylation is 1. The van der Waals surface area contributed by atoms with Gasteiger partial charge in [0.15, 0.2) is 0 Å². The van der Waals surface area contributed by atoms with Crippen LogP contribution in [-0.2, 0) is 6.42 Å². The van der Waals surface area contributed by atoms with E-state index in [1.54, 1.807) is 0 Å². The van der Waals surface area contributed by atoms with Crippen LogP contribution in [0, 0.1) is 16.7 Å². The topological polar surface area (TPSA) is 33.0 Å². The summed E-state index contributed by atoms with van der Waals surface area (Å²) in [7, 11) is 0. The van der Waals surface area contributed by atoms with Crippen molar-refractivity contribution < 1.29 is 4.74 Å². The summed E-state index contributed by atoms with van der Waals surface area (Å²) in [6.45, 7) is 6.74. The van der Waals surface area contributed by atoms with E-state index in [4.69, 9.17) is 10.00 Å². The summed E-state index contributed by atoms with van der Waals surface area (Å²) < 4.78 is 5.64. The lowest BCUT2D eigenvalue weighted by atomic mass is 9.90. The molecule has 92 valence electrons. The average Bonchev–Trinajstić information content (AvgIpc) is 2.35. The molecule has 0 heterocycles. The van der Waals surface area contributed by atoms with Crippen LogP contribution in [0.25, 0.3) is 0 Å². The Kier molecular flexibility index (Phi) is 5.03. The van der Waals surface area contributed by atoms with Crippen molar-refractivity contribution in [2.75, 3.05) is 6.61 Å². The zero-order valence-corrected chi connectivity index (χ0v) is 11.0. The van der Waals surface area contributed by atoms with Gasteiger partial charge in [-0.05, 0) is 50.8 Å². The Labute approximate surface area is 104 Å². The molecule has 0 aliphatic heterocycles. The van der Waals surface area contributed by atoms with Crippen molar-refractivity contribution >= 4 is 0 Å². The Balaban J connectivity index is 2.29. The molecule has 0 aromatic heterocycles. The van der Waals surface area contributed by atoms with Crippen LogP contribution >= 0.6 is 0 Å². The Bertz CT molecular complexity index is 373. The van der Waals surface area contributed by atoms with E-state index >= 15 is 0 Å². The molecular formula is C15H21NO. The second-order valence-corrected chi connectivity index (χ2v) is 4.95. The zero-order chi connectivity index (χ0) is 12.7. The molecule has 0 saturated carbocycles. The molecule has 2 nitrogen and oxygen atoms in total. The van der Waals surface area contributed by atoms with E-state index in [2.05, 4.69) is 25.1 Å². The van der Waals surface area contributed by atoms with Gasteiger partial charge in [-0.1, -0.05) is 19.1 Å².